The van der Waals surface area contributed by atoms with E-state index in [1.807, 2.05) is 0 Å². The van der Waals surface area contributed by atoms with E-state index in [2.05, 4.69) is 9.97 Å². The summed E-state index contributed by atoms with van der Waals surface area (Å²) in [4.78, 5) is 32.2. The smallest absolute Gasteiger partial charge is 0.199 e. The van der Waals surface area contributed by atoms with Crippen molar-refractivity contribution >= 4 is 23.2 Å². The van der Waals surface area contributed by atoms with Crippen molar-refractivity contribution in [2.45, 2.75) is 18.9 Å². The van der Waals surface area contributed by atoms with E-state index < -0.39 is 11.6 Å². The maximum Gasteiger partial charge on any atom is 0.199 e. The van der Waals surface area contributed by atoms with Crippen molar-refractivity contribution in [2.75, 3.05) is 13.2 Å². The number of hydrogen-bond donors (Lipinski definition) is 1. The molecule has 0 radical (unpaired) electrons. The molecule has 0 bridgehead atoms. The van der Waals surface area contributed by atoms with E-state index in [4.69, 9.17) is 21.1 Å². The zero-order valence-electron chi connectivity index (χ0n) is 15.9. The molecule has 1 aliphatic heterocycles. The number of nitrogens with one attached hydrogen (secondary N) is 1. The SMILES string of the molecule is O=C(Cc1cccnc1)c1cc(C(=O)c2c(Cl)ccc(OC3CCOC3)c2F)c[nH]1. The number of aromatic nitrogens is 2. The van der Waals surface area contributed by atoms with Gasteiger partial charge in [0.25, 0.3) is 0 Å². The number of nitrogens with zero attached hydrogens (tertiary/aromatic N) is 1. The van der Waals surface area contributed by atoms with E-state index in [1.54, 1.807) is 24.5 Å². The molecular formula is C22H18ClFN2O4. The fourth-order valence-corrected chi connectivity index (χ4v) is 3.46. The van der Waals surface area contributed by atoms with Gasteiger partial charge in [0, 0.05) is 37.0 Å². The Morgan fingerprint density at radius 1 is 1.33 bits per heavy atom. The van der Waals surface area contributed by atoms with Gasteiger partial charge in [-0.25, -0.2) is 4.39 Å². The van der Waals surface area contributed by atoms with Gasteiger partial charge in [-0.3, -0.25) is 14.6 Å². The number of hydrogen-bond acceptors (Lipinski definition) is 5. The lowest BCUT2D eigenvalue weighted by atomic mass is 10.0. The highest BCUT2D eigenvalue weighted by Crippen LogP contribution is 2.31. The molecule has 3 aromatic rings. The van der Waals surface area contributed by atoms with Crippen molar-refractivity contribution in [1.82, 2.24) is 9.97 Å². The van der Waals surface area contributed by atoms with Gasteiger partial charge in [-0.15, -0.1) is 0 Å². The van der Waals surface area contributed by atoms with Crippen LogP contribution in [0.25, 0.3) is 0 Å². The lowest BCUT2D eigenvalue weighted by molar-refractivity contribution is 0.0988. The molecule has 4 rings (SSSR count). The highest BCUT2D eigenvalue weighted by Gasteiger charge is 2.25. The summed E-state index contributed by atoms with van der Waals surface area (Å²) in [6.45, 7) is 0.913. The first-order valence-corrected chi connectivity index (χ1v) is 9.78. The number of H-pyrrole nitrogens is 1. The first-order chi connectivity index (χ1) is 14.5. The maximum atomic E-state index is 15.0. The molecular weight excluding hydrogens is 411 g/mol. The van der Waals surface area contributed by atoms with Gasteiger partial charge in [0.15, 0.2) is 23.1 Å². The van der Waals surface area contributed by atoms with Gasteiger partial charge in [0.05, 0.1) is 29.5 Å². The van der Waals surface area contributed by atoms with E-state index in [1.165, 1.54) is 24.4 Å². The third-order valence-corrected chi connectivity index (χ3v) is 5.11. The summed E-state index contributed by atoms with van der Waals surface area (Å²) in [5, 5.41) is -0.0306. The van der Waals surface area contributed by atoms with Crippen molar-refractivity contribution in [3.63, 3.8) is 0 Å². The Bertz CT molecular complexity index is 1080. The van der Waals surface area contributed by atoms with Crippen molar-refractivity contribution in [1.29, 1.82) is 0 Å². The van der Waals surface area contributed by atoms with Crippen LogP contribution in [0.1, 0.15) is 38.4 Å². The Hall–Kier alpha value is -3.03. The Balaban J connectivity index is 1.55. The van der Waals surface area contributed by atoms with E-state index >= 15 is 4.39 Å². The van der Waals surface area contributed by atoms with E-state index in [9.17, 15) is 9.59 Å². The van der Waals surface area contributed by atoms with Crippen molar-refractivity contribution in [3.05, 3.63) is 82.1 Å². The molecule has 0 amide bonds. The first-order valence-electron chi connectivity index (χ1n) is 9.40. The minimum absolute atomic E-state index is 0.0306. The molecule has 1 atom stereocenters. The predicted molar refractivity (Wildman–Crippen MR) is 108 cm³/mol. The van der Waals surface area contributed by atoms with Gasteiger partial charge in [-0.2, -0.15) is 0 Å². The molecule has 0 saturated carbocycles. The number of carbonyl (C=O) groups is 2. The Labute approximate surface area is 177 Å². The number of carbonyl (C=O) groups excluding carboxylic acids is 2. The van der Waals surface area contributed by atoms with Gasteiger partial charge in [-0.1, -0.05) is 17.7 Å². The van der Waals surface area contributed by atoms with E-state index in [0.29, 0.717) is 19.6 Å². The van der Waals surface area contributed by atoms with E-state index in [-0.39, 0.29) is 45.9 Å². The number of halogens is 2. The summed E-state index contributed by atoms with van der Waals surface area (Å²) in [5.74, 6) is -1.74. The summed E-state index contributed by atoms with van der Waals surface area (Å²) < 4.78 is 25.9. The van der Waals surface area contributed by atoms with Crippen LogP contribution in [-0.2, 0) is 11.2 Å². The van der Waals surface area contributed by atoms with Crippen LogP contribution in [-0.4, -0.2) is 40.9 Å². The quantitative estimate of drug-likeness (QED) is 0.575. The molecule has 154 valence electrons. The van der Waals surface area contributed by atoms with Crippen LogP contribution >= 0.6 is 11.6 Å². The second-order valence-electron chi connectivity index (χ2n) is 6.93. The van der Waals surface area contributed by atoms with Crippen LogP contribution in [0.15, 0.2) is 48.9 Å². The topological polar surface area (TPSA) is 81.3 Å². The fourth-order valence-electron chi connectivity index (χ4n) is 3.23. The molecule has 8 heteroatoms. The molecule has 1 aromatic carbocycles. The van der Waals surface area contributed by atoms with Crippen LogP contribution in [0.2, 0.25) is 5.02 Å². The average molecular weight is 429 g/mol. The number of benzene rings is 1. The summed E-state index contributed by atoms with van der Waals surface area (Å²) in [6, 6.07) is 7.74. The molecule has 3 heterocycles. The third-order valence-electron chi connectivity index (χ3n) is 4.80. The summed E-state index contributed by atoms with van der Waals surface area (Å²) in [6.07, 6.45) is 5.09. The van der Waals surface area contributed by atoms with Gasteiger partial charge in [0.2, 0.25) is 0 Å². The Morgan fingerprint density at radius 3 is 2.93 bits per heavy atom. The maximum absolute atomic E-state index is 15.0. The van der Waals surface area contributed by atoms with Crippen molar-refractivity contribution < 1.29 is 23.5 Å². The number of pyridine rings is 1. The second kappa shape index (κ2) is 8.77. The molecule has 1 N–H and O–H groups in total. The van der Waals surface area contributed by atoms with Gasteiger partial charge < -0.3 is 14.5 Å². The van der Waals surface area contributed by atoms with Crippen LogP contribution in [0.5, 0.6) is 5.75 Å². The molecule has 1 fully saturated rings. The highest BCUT2D eigenvalue weighted by atomic mass is 35.5. The molecule has 2 aromatic heterocycles. The summed E-state index contributed by atoms with van der Waals surface area (Å²) in [5.41, 5.74) is 0.832. The second-order valence-corrected chi connectivity index (χ2v) is 7.34. The molecule has 1 unspecified atom stereocenters. The molecule has 6 nitrogen and oxygen atoms in total. The average Bonchev–Trinajstić information content (AvgIpc) is 3.43. The van der Waals surface area contributed by atoms with Crippen LogP contribution in [0.4, 0.5) is 4.39 Å². The Morgan fingerprint density at radius 2 is 2.20 bits per heavy atom. The van der Waals surface area contributed by atoms with Gasteiger partial charge in [0.1, 0.15) is 6.10 Å². The largest absolute Gasteiger partial charge is 0.485 e. The number of ether oxygens (including phenoxy) is 2. The lowest BCUT2D eigenvalue weighted by Gasteiger charge is -2.14. The predicted octanol–water partition coefficient (Wildman–Crippen LogP) is 4.03. The Kier molecular flexibility index (Phi) is 5.92. The normalized spacial score (nSPS) is 15.9. The summed E-state index contributed by atoms with van der Waals surface area (Å²) in [7, 11) is 0. The van der Waals surface area contributed by atoms with E-state index in [0.717, 1.165) is 5.56 Å². The fraction of sp³-hybridized carbons (Fsp3) is 0.227. The zero-order valence-corrected chi connectivity index (χ0v) is 16.6. The highest BCUT2D eigenvalue weighted by molar-refractivity contribution is 6.35. The molecule has 0 aliphatic carbocycles. The number of Topliss-reactive ketones (excluding diaryl/α,β-unsaturated/α-hetero) is 1. The third kappa shape index (κ3) is 4.27. The molecule has 30 heavy (non-hydrogen) atoms. The van der Waals surface area contributed by atoms with Gasteiger partial charge in [-0.05, 0) is 29.8 Å². The standard InChI is InChI=1S/C22H18ClFN2O4/c23-16-3-4-19(30-15-5-7-29-12-15)21(24)20(16)22(28)14-9-17(26-11-14)18(27)8-13-2-1-6-25-10-13/h1-4,6,9-11,15,26H,5,7-8,12H2. The minimum atomic E-state index is -0.830. The van der Waals surface area contributed by atoms with Crippen LogP contribution in [0.3, 0.4) is 0 Å². The number of ketones is 2. The first kappa shape index (κ1) is 20.3. The van der Waals surface area contributed by atoms with Crippen molar-refractivity contribution in [2.24, 2.45) is 0 Å². The number of rotatable bonds is 7. The molecule has 0 spiro atoms. The summed E-state index contributed by atoms with van der Waals surface area (Å²) >= 11 is 6.11. The van der Waals surface area contributed by atoms with Crippen molar-refractivity contribution in [3.8, 4) is 5.75 Å². The molecule has 1 saturated heterocycles. The van der Waals surface area contributed by atoms with Crippen LogP contribution < -0.4 is 4.74 Å². The molecule has 1 aliphatic rings. The van der Waals surface area contributed by atoms with Gasteiger partial charge >= 0.3 is 0 Å². The monoisotopic (exact) mass is 428 g/mol. The zero-order chi connectivity index (χ0) is 21.1. The van der Waals surface area contributed by atoms with Crippen LogP contribution in [0, 0.1) is 5.82 Å². The lowest BCUT2D eigenvalue weighted by Crippen LogP contribution is -2.17. The number of aromatic amines is 1. The minimum Gasteiger partial charge on any atom is -0.485 e.